The van der Waals surface area contributed by atoms with Crippen LogP contribution in [0.3, 0.4) is 0 Å². The van der Waals surface area contributed by atoms with Crippen molar-refractivity contribution in [3.05, 3.63) is 95.5 Å². The first-order valence-electron chi connectivity index (χ1n) is 13.6. The standard InChI is InChI=1S/C31H31FN4O5/c32-23-8-6-19(7-9-23)16-27(36-29(38)26-11-10-25(35-26)20-4-2-1-3-5-20)30(39)34-24(17-21-12-14-33-28(21)37)18-22-13-15-41-31(22)40/h1-11,18,21,24,27,35H,12-17H2,(H,33,37)(H,34,39)(H,36,38)/t21-,24-,27-/m0/s1. The first kappa shape index (κ1) is 27.8. The Morgan fingerprint density at radius 3 is 2.49 bits per heavy atom. The van der Waals surface area contributed by atoms with E-state index in [9.17, 15) is 23.6 Å². The lowest BCUT2D eigenvalue weighted by Gasteiger charge is -2.23. The zero-order valence-corrected chi connectivity index (χ0v) is 22.3. The van der Waals surface area contributed by atoms with E-state index in [0.717, 1.165) is 11.3 Å². The van der Waals surface area contributed by atoms with Crippen molar-refractivity contribution in [3.8, 4) is 11.3 Å². The van der Waals surface area contributed by atoms with Crippen molar-refractivity contribution >= 4 is 23.7 Å². The number of hydrogen-bond acceptors (Lipinski definition) is 5. The number of nitrogens with one attached hydrogen (secondary N) is 4. The number of carbonyl (C=O) groups is 4. The molecule has 2 aromatic carbocycles. The molecule has 3 amide bonds. The van der Waals surface area contributed by atoms with Gasteiger partial charge in [-0.2, -0.15) is 0 Å². The number of aromatic nitrogens is 1. The monoisotopic (exact) mass is 558 g/mol. The zero-order chi connectivity index (χ0) is 28.8. The first-order chi connectivity index (χ1) is 19.9. The molecule has 0 spiro atoms. The Bertz CT molecular complexity index is 1450. The summed E-state index contributed by atoms with van der Waals surface area (Å²) in [6.07, 6.45) is 3.06. The lowest BCUT2D eigenvalue weighted by molar-refractivity contribution is -0.135. The lowest BCUT2D eigenvalue weighted by atomic mass is 9.95. The van der Waals surface area contributed by atoms with Gasteiger partial charge >= 0.3 is 5.97 Å². The molecule has 3 aromatic rings. The summed E-state index contributed by atoms with van der Waals surface area (Å²) in [6, 6.07) is 17.0. The number of carbonyl (C=O) groups excluding carboxylic acids is 4. The number of amides is 3. The highest BCUT2D eigenvalue weighted by Crippen LogP contribution is 2.21. The summed E-state index contributed by atoms with van der Waals surface area (Å²) < 4.78 is 18.6. The van der Waals surface area contributed by atoms with E-state index in [4.69, 9.17) is 4.74 Å². The number of ether oxygens (including phenoxy) is 1. The zero-order valence-electron chi connectivity index (χ0n) is 22.3. The van der Waals surface area contributed by atoms with Gasteiger partial charge in [-0.15, -0.1) is 0 Å². The third-order valence-corrected chi connectivity index (χ3v) is 7.29. The van der Waals surface area contributed by atoms with Gasteiger partial charge in [0.25, 0.3) is 5.91 Å². The molecule has 9 nitrogen and oxygen atoms in total. The van der Waals surface area contributed by atoms with Crippen LogP contribution in [0.15, 0.2) is 78.4 Å². The van der Waals surface area contributed by atoms with Crippen LogP contribution >= 0.6 is 0 Å². The van der Waals surface area contributed by atoms with Gasteiger partial charge in [0.15, 0.2) is 0 Å². The molecule has 3 atom stereocenters. The molecule has 0 aliphatic carbocycles. The Morgan fingerprint density at radius 1 is 1.02 bits per heavy atom. The second-order valence-corrected chi connectivity index (χ2v) is 10.2. The van der Waals surface area contributed by atoms with E-state index in [0.29, 0.717) is 36.9 Å². The van der Waals surface area contributed by atoms with Gasteiger partial charge in [0, 0.05) is 42.6 Å². The molecule has 3 heterocycles. The van der Waals surface area contributed by atoms with Crippen molar-refractivity contribution in [3.63, 3.8) is 0 Å². The first-order valence-corrected chi connectivity index (χ1v) is 13.6. The fourth-order valence-corrected chi connectivity index (χ4v) is 5.09. The van der Waals surface area contributed by atoms with Gasteiger partial charge in [-0.05, 0) is 48.2 Å². The summed E-state index contributed by atoms with van der Waals surface area (Å²) in [4.78, 5) is 54.4. The quantitative estimate of drug-likeness (QED) is 0.225. The summed E-state index contributed by atoms with van der Waals surface area (Å²) in [6.45, 7) is 0.812. The number of aromatic amines is 1. The molecule has 0 bridgehead atoms. The average Bonchev–Trinajstić information content (AvgIpc) is 3.72. The van der Waals surface area contributed by atoms with Crippen molar-refractivity contribution < 1.29 is 28.3 Å². The highest BCUT2D eigenvalue weighted by molar-refractivity contribution is 5.97. The lowest BCUT2D eigenvalue weighted by Crippen LogP contribution is -2.51. The van der Waals surface area contributed by atoms with Crippen LogP contribution in [0.4, 0.5) is 4.39 Å². The molecule has 0 saturated carbocycles. The second kappa shape index (κ2) is 12.6. The maximum Gasteiger partial charge on any atom is 0.333 e. The minimum Gasteiger partial charge on any atom is -0.462 e. The smallest absolute Gasteiger partial charge is 0.333 e. The summed E-state index contributed by atoms with van der Waals surface area (Å²) in [5, 5.41) is 8.53. The summed E-state index contributed by atoms with van der Waals surface area (Å²) in [5.41, 5.74) is 3.01. The van der Waals surface area contributed by atoms with Crippen LogP contribution in [0.2, 0.25) is 0 Å². The van der Waals surface area contributed by atoms with Crippen LogP contribution in [0.5, 0.6) is 0 Å². The molecular weight excluding hydrogens is 527 g/mol. The molecule has 0 unspecified atom stereocenters. The predicted molar refractivity (Wildman–Crippen MR) is 149 cm³/mol. The Balaban J connectivity index is 1.36. The van der Waals surface area contributed by atoms with Crippen LogP contribution in [0.25, 0.3) is 11.3 Å². The van der Waals surface area contributed by atoms with E-state index in [-0.39, 0.29) is 30.5 Å². The summed E-state index contributed by atoms with van der Waals surface area (Å²) in [7, 11) is 0. The second-order valence-electron chi connectivity index (χ2n) is 10.2. The molecule has 0 radical (unpaired) electrons. The maximum absolute atomic E-state index is 13.7. The van der Waals surface area contributed by atoms with Crippen LogP contribution in [-0.4, -0.2) is 53.9 Å². The Hall–Kier alpha value is -4.73. The van der Waals surface area contributed by atoms with E-state index in [1.807, 2.05) is 30.3 Å². The van der Waals surface area contributed by atoms with Gasteiger partial charge in [0.1, 0.15) is 17.6 Å². The molecule has 41 heavy (non-hydrogen) atoms. The number of esters is 1. The Labute approximate surface area is 236 Å². The number of hydrogen-bond donors (Lipinski definition) is 4. The van der Waals surface area contributed by atoms with Crippen LogP contribution < -0.4 is 16.0 Å². The predicted octanol–water partition coefficient (Wildman–Crippen LogP) is 3.05. The maximum atomic E-state index is 13.7. The number of halogens is 1. The molecular formula is C31H31FN4O5. The van der Waals surface area contributed by atoms with Crippen LogP contribution in [0, 0.1) is 11.7 Å². The van der Waals surface area contributed by atoms with Crippen molar-refractivity contribution in [2.24, 2.45) is 5.92 Å². The molecule has 2 fully saturated rings. The third kappa shape index (κ3) is 7.08. The number of cyclic esters (lactones) is 1. The number of rotatable bonds is 10. The largest absolute Gasteiger partial charge is 0.462 e. The van der Waals surface area contributed by atoms with Crippen molar-refractivity contribution in [1.82, 2.24) is 20.9 Å². The highest BCUT2D eigenvalue weighted by Gasteiger charge is 2.31. The molecule has 10 heteroatoms. The minimum absolute atomic E-state index is 0.0966. The molecule has 1 aromatic heterocycles. The third-order valence-electron chi connectivity index (χ3n) is 7.29. The van der Waals surface area contributed by atoms with Gasteiger partial charge < -0.3 is 25.7 Å². The molecule has 5 rings (SSSR count). The van der Waals surface area contributed by atoms with Gasteiger partial charge in [-0.1, -0.05) is 48.5 Å². The van der Waals surface area contributed by atoms with E-state index in [1.165, 1.54) is 12.1 Å². The van der Waals surface area contributed by atoms with Crippen LogP contribution in [0.1, 0.15) is 35.3 Å². The minimum atomic E-state index is -1.02. The SMILES string of the molecule is O=C1OCCC1=C[C@H](C[C@@H]1CCNC1=O)NC(=O)[C@H](Cc1ccc(F)cc1)NC(=O)c1ccc(-c2ccccc2)[nH]1. The molecule has 2 aliphatic rings. The fraction of sp³-hybridized carbons (Fsp3) is 0.290. The highest BCUT2D eigenvalue weighted by atomic mass is 19.1. The molecule has 2 saturated heterocycles. The van der Waals surface area contributed by atoms with Crippen molar-refractivity contribution in [2.45, 2.75) is 37.8 Å². The van der Waals surface area contributed by atoms with E-state index in [1.54, 1.807) is 30.3 Å². The summed E-state index contributed by atoms with van der Waals surface area (Å²) >= 11 is 0. The van der Waals surface area contributed by atoms with E-state index < -0.39 is 35.7 Å². The topological polar surface area (TPSA) is 129 Å². The molecule has 212 valence electrons. The van der Waals surface area contributed by atoms with Crippen molar-refractivity contribution in [2.75, 3.05) is 13.2 Å². The van der Waals surface area contributed by atoms with Gasteiger partial charge in [0.2, 0.25) is 11.8 Å². The van der Waals surface area contributed by atoms with E-state index >= 15 is 0 Å². The molecule has 2 aliphatic heterocycles. The Kier molecular flexibility index (Phi) is 8.57. The van der Waals surface area contributed by atoms with Gasteiger partial charge in [0.05, 0.1) is 6.61 Å². The van der Waals surface area contributed by atoms with Crippen LogP contribution in [-0.2, 0) is 25.5 Å². The average molecular weight is 559 g/mol. The van der Waals surface area contributed by atoms with E-state index in [2.05, 4.69) is 20.9 Å². The summed E-state index contributed by atoms with van der Waals surface area (Å²) in [5.74, 6) is -2.27. The molecule has 4 N–H and O–H groups in total. The van der Waals surface area contributed by atoms with Gasteiger partial charge in [-0.25, -0.2) is 9.18 Å². The Morgan fingerprint density at radius 2 is 1.80 bits per heavy atom. The van der Waals surface area contributed by atoms with Gasteiger partial charge in [-0.3, -0.25) is 14.4 Å². The normalized spacial score (nSPS) is 19.0. The number of benzene rings is 2. The fourth-order valence-electron chi connectivity index (χ4n) is 5.09. The van der Waals surface area contributed by atoms with Crippen molar-refractivity contribution in [1.29, 1.82) is 0 Å². The number of H-pyrrole nitrogens is 1.